The Morgan fingerprint density at radius 1 is 1.15 bits per heavy atom. The Morgan fingerprint density at radius 2 is 1.70 bits per heavy atom. The second kappa shape index (κ2) is 5.58. The predicted molar refractivity (Wildman–Crippen MR) is 50.4 cm³/mol. The fourth-order valence-electron chi connectivity index (χ4n) is 1.24. The lowest BCUT2D eigenvalue weighted by Crippen LogP contribution is -2.21. The Hall–Kier alpha value is -1.32. The molecule has 114 valence electrons. The number of aromatic nitrogens is 1. The number of pyridine rings is 1. The zero-order valence-corrected chi connectivity index (χ0v) is 9.87. The highest BCUT2D eigenvalue weighted by atomic mass is 35.5. The van der Waals surface area contributed by atoms with Crippen molar-refractivity contribution in [1.29, 1.82) is 0 Å². The van der Waals surface area contributed by atoms with Gasteiger partial charge >= 0.3 is 12.5 Å². The van der Waals surface area contributed by atoms with Crippen LogP contribution in [0.25, 0.3) is 0 Å². The van der Waals surface area contributed by atoms with Crippen LogP contribution in [0.2, 0.25) is 0 Å². The van der Waals surface area contributed by atoms with Crippen LogP contribution in [0.5, 0.6) is 5.88 Å². The third-order valence-electron chi connectivity index (χ3n) is 1.99. The van der Waals surface area contributed by atoms with E-state index in [1.807, 2.05) is 0 Å². The van der Waals surface area contributed by atoms with Gasteiger partial charge in [0.25, 0.3) is 6.43 Å². The normalized spacial score (nSPS) is 12.9. The van der Waals surface area contributed by atoms with Crippen molar-refractivity contribution in [3.8, 4) is 5.88 Å². The SMILES string of the molecule is FC(F)c1cc(C(F)(F)F)nc(OC(F)(F)F)c1CCl. The van der Waals surface area contributed by atoms with Crippen molar-refractivity contribution in [2.24, 2.45) is 0 Å². The Kier molecular flexibility index (Phi) is 4.67. The summed E-state index contributed by atoms with van der Waals surface area (Å²) in [5, 5.41) is 0. The lowest BCUT2D eigenvalue weighted by atomic mass is 10.1. The largest absolute Gasteiger partial charge is 0.574 e. The van der Waals surface area contributed by atoms with Gasteiger partial charge < -0.3 is 4.74 Å². The zero-order valence-electron chi connectivity index (χ0n) is 9.12. The number of halogens is 9. The first-order chi connectivity index (χ1) is 8.95. The average Bonchev–Trinajstić information content (AvgIpc) is 2.24. The van der Waals surface area contributed by atoms with Gasteiger partial charge in [0.15, 0.2) is 0 Å². The molecule has 0 saturated heterocycles. The second-order valence-electron chi connectivity index (χ2n) is 3.36. The van der Waals surface area contributed by atoms with Crippen molar-refractivity contribution >= 4 is 11.6 Å². The average molecular weight is 330 g/mol. The van der Waals surface area contributed by atoms with Gasteiger partial charge in [-0.05, 0) is 6.07 Å². The van der Waals surface area contributed by atoms with Crippen LogP contribution in [0.15, 0.2) is 6.07 Å². The molecule has 0 aliphatic rings. The van der Waals surface area contributed by atoms with Crippen molar-refractivity contribution in [2.75, 3.05) is 0 Å². The lowest BCUT2D eigenvalue weighted by Gasteiger charge is -2.16. The molecule has 0 fully saturated rings. The summed E-state index contributed by atoms with van der Waals surface area (Å²) in [7, 11) is 0. The second-order valence-corrected chi connectivity index (χ2v) is 3.63. The molecular formula is C9H4ClF8NO. The van der Waals surface area contributed by atoms with Crippen LogP contribution in [0.4, 0.5) is 35.1 Å². The van der Waals surface area contributed by atoms with Crippen LogP contribution in [-0.4, -0.2) is 11.3 Å². The first-order valence-electron chi connectivity index (χ1n) is 4.66. The van der Waals surface area contributed by atoms with E-state index in [0.717, 1.165) is 0 Å². The molecular weight excluding hydrogens is 326 g/mol. The minimum absolute atomic E-state index is 0.0639. The number of hydrogen-bond acceptors (Lipinski definition) is 2. The molecule has 0 unspecified atom stereocenters. The van der Waals surface area contributed by atoms with Crippen molar-refractivity contribution in [1.82, 2.24) is 4.98 Å². The molecule has 0 saturated carbocycles. The summed E-state index contributed by atoms with van der Waals surface area (Å²) in [5.74, 6) is -2.56. The summed E-state index contributed by atoms with van der Waals surface area (Å²) in [4.78, 5) is 2.56. The van der Waals surface area contributed by atoms with Gasteiger partial charge in [-0.1, -0.05) is 0 Å². The topological polar surface area (TPSA) is 22.1 Å². The highest BCUT2D eigenvalue weighted by molar-refractivity contribution is 6.17. The predicted octanol–water partition coefficient (Wildman–Crippen LogP) is 4.68. The first kappa shape index (κ1) is 16.7. The molecule has 0 aromatic carbocycles. The van der Waals surface area contributed by atoms with Gasteiger partial charge in [0.1, 0.15) is 5.69 Å². The Balaban J connectivity index is 3.49. The number of alkyl halides is 9. The van der Waals surface area contributed by atoms with Crippen LogP contribution in [0, 0.1) is 0 Å². The highest BCUT2D eigenvalue weighted by Crippen LogP contribution is 2.38. The maximum absolute atomic E-state index is 12.6. The Morgan fingerprint density at radius 3 is 2.05 bits per heavy atom. The molecule has 1 heterocycles. The minimum atomic E-state index is -5.39. The highest BCUT2D eigenvalue weighted by Gasteiger charge is 2.39. The molecule has 0 bridgehead atoms. The van der Waals surface area contributed by atoms with E-state index in [-0.39, 0.29) is 6.07 Å². The summed E-state index contributed by atoms with van der Waals surface area (Å²) in [6.07, 6.45) is -14.1. The van der Waals surface area contributed by atoms with E-state index in [4.69, 9.17) is 11.6 Å². The van der Waals surface area contributed by atoms with E-state index >= 15 is 0 Å². The molecule has 0 amide bonds. The van der Waals surface area contributed by atoms with Gasteiger partial charge in [-0.2, -0.15) is 13.2 Å². The summed E-state index contributed by atoms with van der Waals surface area (Å²) in [6, 6.07) is -0.0639. The van der Waals surface area contributed by atoms with Gasteiger partial charge in [-0.25, -0.2) is 13.8 Å². The van der Waals surface area contributed by atoms with Gasteiger partial charge in [0.2, 0.25) is 5.88 Å². The van der Waals surface area contributed by atoms with E-state index in [1.165, 1.54) is 0 Å². The molecule has 0 spiro atoms. The zero-order chi connectivity index (χ0) is 15.7. The van der Waals surface area contributed by atoms with Gasteiger partial charge in [0, 0.05) is 11.1 Å². The molecule has 0 atom stereocenters. The summed E-state index contributed by atoms with van der Waals surface area (Å²) < 4.78 is 102. The third kappa shape index (κ3) is 4.09. The number of hydrogen-bond donors (Lipinski definition) is 0. The van der Waals surface area contributed by atoms with Crippen LogP contribution in [0.3, 0.4) is 0 Å². The molecule has 0 aliphatic carbocycles. The molecule has 1 rings (SSSR count). The molecule has 20 heavy (non-hydrogen) atoms. The van der Waals surface area contributed by atoms with Crippen molar-refractivity contribution in [2.45, 2.75) is 24.8 Å². The molecule has 11 heteroatoms. The van der Waals surface area contributed by atoms with E-state index in [1.54, 1.807) is 0 Å². The number of ether oxygens (including phenoxy) is 1. The van der Waals surface area contributed by atoms with Crippen molar-refractivity contribution < 1.29 is 39.9 Å². The fourth-order valence-corrected chi connectivity index (χ4v) is 1.50. The summed E-state index contributed by atoms with van der Waals surface area (Å²) in [5.41, 5.74) is -4.20. The molecule has 0 radical (unpaired) electrons. The van der Waals surface area contributed by atoms with Gasteiger partial charge in [-0.3, -0.25) is 0 Å². The fraction of sp³-hybridized carbons (Fsp3) is 0.444. The standard InChI is InChI=1S/C9H4ClF8NO/c10-2-4-3(6(11)12)1-5(8(13,14)15)19-7(4)20-9(16,17)18/h1,6H,2H2. The summed E-state index contributed by atoms with van der Waals surface area (Å²) >= 11 is 5.17. The summed E-state index contributed by atoms with van der Waals surface area (Å²) in [6.45, 7) is 0. The van der Waals surface area contributed by atoms with Crippen LogP contribution in [-0.2, 0) is 12.1 Å². The van der Waals surface area contributed by atoms with E-state index < -0.39 is 47.5 Å². The third-order valence-corrected chi connectivity index (χ3v) is 2.26. The van der Waals surface area contributed by atoms with Crippen molar-refractivity contribution in [3.63, 3.8) is 0 Å². The monoisotopic (exact) mass is 329 g/mol. The first-order valence-corrected chi connectivity index (χ1v) is 5.20. The lowest BCUT2D eigenvalue weighted by molar-refractivity contribution is -0.276. The molecule has 0 aliphatic heterocycles. The Labute approximate surface area is 111 Å². The van der Waals surface area contributed by atoms with Crippen LogP contribution >= 0.6 is 11.6 Å². The number of rotatable bonds is 3. The molecule has 1 aromatic rings. The minimum Gasteiger partial charge on any atom is -0.388 e. The van der Waals surface area contributed by atoms with E-state index in [2.05, 4.69) is 9.72 Å². The Bertz CT molecular complexity index is 484. The van der Waals surface area contributed by atoms with E-state index in [9.17, 15) is 35.1 Å². The van der Waals surface area contributed by atoms with Crippen molar-refractivity contribution in [3.05, 3.63) is 22.9 Å². The van der Waals surface area contributed by atoms with Gasteiger partial charge in [-0.15, -0.1) is 24.8 Å². The van der Waals surface area contributed by atoms with Crippen LogP contribution in [0.1, 0.15) is 23.2 Å². The quantitative estimate of drug-likeness (QED) is 0.593. The molecule has 1 aromatic heterocycles. The molecule has 0 N–H and O–H groups in total. The van der Waals surface area contributed by atoms with Gasteiger partial charge in [0.05, 0.1) is 5.88 Å². The number of nitrogens with zero attached hydrogens (tertiary/aromatic N) is 1. The van der Waals surface area contributed by atoms with Crippen LogP contribution < -0.4 is 4.74 Å². The maximum Gasteiger partial charge on any atom is 0.574 e. The van der Waals surface area contributed by atoms with E-state index in [0.29, 0.717) is 0 Å². The maximum atomic E-state index is 12.6. The molecule has 2 nitrogen and oxygen atoms in total. The smallest absolute Gasteiger partial charge is 0.388 e.